The Bertz CT molecular complexity index is 862. The molecular formula is C20H17ClN2O2. The van der Waals surface area contributed by atoms with Crippen molar-refractivity contribution in [1.29, 1.82) is 0 Å². The molecule has 4 nitrogen and oxygen atoms in total. The van der Waals surface area contributed by atoms with E-state index in [2.05, 4.69) is 10.3 Å². The Balaban J connectivity index is 1.59. The molecule has 0 saturated carbocycles. The second-order valence-electron chi connectivity index (χ2n) is 5.61. The molecular weight excluding hydrogens is 336 g/mol. The lowest BCUT2D eigenvalue weighted by atomic mass is 10.1. The molecule has 0 aliphatic heterocycles. The van der Waals surface area contributed by atoms with Crippen molar-refractivity contribution < 1.29 is 9.53 Å². The Morgan fingerprint density at radius 2 is 1.80 bits per heavy atom. The highest BCUT2D eigenvalue weighted by Gasteiger charge is 2.07. The lowest BCUT2D eigenvalue weighted by Crippen LogP contribution is -2.13. The fourth-order valence-corrected chi connectivity index (χ4v) is 2.37. The van der Waals surface area contributed by atoms with Gasteiger partial charge in [-0.1, -0.05) is 23.7 Å². The van der Waals surface area contributed by atoms with Gasteiger partial charge in [0.1, 0.15) is 18.2 Å². The first-order valence-electron chi connectivity index (χ1n) is 7.81. The maximum absolute atomic E-state index is 12.3. The molecule has 0 saturated heterocycles. The van der Waals surface area contributed by atoms with Crippen LogP contribution in [0.15, 0.2) is 66.9 Å². The van der Waals surface area contributed by atoms with E-state index in [1.807, 2.05) is 43.3 Å². The number of aryl methyl sites for hydroxylation is 1. The summed E-state index contributed by atoms with van der Waals surface area (Å²) in [5, 5.41) is 3.46. The predicted molar refractivity (Wildman–Crippen MR) is 99.2 cm³/mol. The number of rotatable bonds is 5. The van der Waals surface area contributed by atoms with E-state index >= 15 is 0 Å². The van der Waals surface area contributed by atoms with Crippen molar-refractivity contribution in [3.05, 3.63) is 88.6 Å². The van der Waals surface area contributed by atoms with Gasteiger partial charge in [0.2, 0.25) is 0 Å². The van der Waals surface area contributed by atoms with Crippen LogP contribution < -0.4 is 10.1 Å². The summed E-state index contributed by atoms with van der Waals surface area (Å²) < 4.78 is 5.69. The van der Waals surface area contributed by atoms with Crippen molar-refractivity contribution in [1.82, 2.24) is 4.98 Å². The van der Waals surface area contributed by atoms with E-state index in [9.17, 15) is 4.79 Å². The molecule has 126 valence electrons. The zero-order valence-electron chi connectivity index (χ0n) is 13.7. The Kier molecular flexibility index (Phi) is 5.31. The number of carbonyl (C=O) groups is 1. The molecule has 3 aromatic rings. The molecule has 1 heterocycles. The summed E-state index contributed by atoms with van der Waals surface area (Å²) in [6.07, 6.45) is 1.67. The average Bonchev–Trinajstić information content (AvgIpc) is 2.62. The number of hydrogen-bond donors (Lipinski definition) is 1. The van der Waals surface area contributed by atoms with Crippen LogP contribution >= 0.6 is 11.6 Å². The Hall–Kier alpha value is -2.85. The largest absolute Gasteiger partial charge is 0.489 e. The highest BCUT2D eigenvalue weighted by molar-refractivity contribution is 6.30. The molecule has 1 N–H and O–H groups in total. The van der Waals surface area contributed by atoms with E-state index in [0.717, 1.165) is 16.9 Å². The molecule has 0 atom stereocenters. The van der Waals surface area contributed by atoms with Crippen molar-refractivity contribution in [2.24, 2.45) is 0 Å². The van der Waals surface area contributed by atoms with Crippen LogP contribution in [0.4, 0.5) is 5.82 Å². The Morgan fingerprint density at radius 3 is 2.48 bits per heavy atom. The molecule has 1 aromatic heterocycles. The van der Waals surface area contributed by atoms with Gasteiger partial charge in [0.05, 0.1) is 0 Å². The third-order valence-corrected chi connectivity index (χ3v) is 3.84. The lowest BCUT2D eigenvalue weighted by molar-refractivity contribution is 0.102. The summed E-state index contributed by atoms with van der Waals surface area (Å²) in [4.78, 5) is 16.4. The van der Waals surface area contributed by atoms with Crippen LogP contribution in [-0.4, -0.2) is 10.9 Å². The van der Waals surface area contributed by atoms with Crippen molar-refractivity contribution in [2.75, 3.05) is 5.32 Å². The number of ether oxygens (including phenoxy) is 1. The summed E-state index contributed by atoms with van der Waals surface area (Å²) in [5.74, 6) is 1.10. The van der Waals surface area contributed by atoms with Crippen LogP contribution in [0.5, 0.6) is 5.75 Å². The van der Waals surface area contributed by atoms with Gasteiger partial charge < -0.3 is 10.1 Å². The number of aromatic nitrogens is 1. The van der Waals surface area contributed by atoms with Crippen molar-refractivity contribution in [2.45, 2.75) is 13.5 Å². The van der Waals surface area contributed by atoms with Gasteiger partial charge in [-0.2, -0.15) is 0 Å². The van der Waals surface area contributed by atoms with Crippen LogP contribution in [0.2, 0.25) is 5.02 Å². The van der Waals surface area contributed by atoms with E-state index in [0.29, 0.717) is 23.0 Å². The first-order chi connectivity index (χ1) is 12.1. The molecule has 0 spiro atoms. The number of amides is 1. The molecule has 0 aliphatic carbocycles. The minimum Gasteiger partial charge on any atom is -0.489 e. The molecule has 0 bridgehead atoms. The van der Waals surface area contributed by atoms with Crippen LogP contribution in [0.25, 0.3) is 0 Å². The fourth-order valence-electron chi connectivity index (χ4n) is 2.24. The number of nitrogens with zero attached hydrogens (tertiary/aromatic N) is 1. The zero-order chi connectivity index (χ0) is 17.6. The first-order valence-corrected chi connectivity index (χ1v) is 8.19. The normalized spacial score (nSPS) is 10.3. The van der Waals surface area contributed by atoms with Gasteiger partial charge in [-0.05, 0) is 66.6 Å². The van der Waals surface area contributed by atoms with E-state index < -0.39 is 0 Å². The monoisotopic (exact) mass is 352 g/mol. The summed E-state index contributed by atoms with van der Waals surface area (Å²) in [6, 6.07) is 18.2. The molecule has 0 radical (unpaired) electrons. The van der Waals surface area contributed by atoms with Gasteiger partial charge in [-0.15, -0.1) is 0 Å². The third kappa shape index (κ3) is 4.81. The molecule has 0 aliphatic rings. The number of pyridine rings is 1. The molecule has 25 heavy (non-hydrogen) atoms. The molecule has 3 rings (SSSR count). The van der Waals surface area contributed by atoms with Crippen LogP contribution in [0, 0.1) is 6.92 Å². The third-order valence-electron chi connectivity index (χ3n) is 3.59. The zero-order valence-corrected chi connectivity index (χ0v) is 14.5. The standard InChI is InChI=1S/C20H17ClN2O2/c1-14-10-11-22-19(12-14)23-20(24)16-4-2-15(3-5-16)13-25-18-8-6-17(21)7-9-18/h2-12H,13H2,1H3,(H,22,23,24). The quantitative estimate of drug-likeness (QED) is 0.712. The minimum absolute atomic E-state index is 0.191. The highest BCUT2D eigenvalue weighted by Crippen LogP contribution is 2.17. The number of anilines is 1. The number of hydrogen-bond acceptors (Lipinski definition) is 3. The van der Waals surface area contributed by atoms with Gasteiger partial charge in [-0.25, -0.2) is 4.98 Å². The van der Waals surface area contributed by atoms with E-state index in [4.69, 9.17) is 16.3 Å². The topological polar surface area (TPSA) is 51.2 Å². The van der Waals surface area contributed by atoms with Gasteiger partial charge >= 0.3 is 0 Å². The predicted octanol–water partition coefficient (Wildman–Crippen LogP) is 4.87. The SMILES string of the molecule is Cc1ccnc(NC(=O)c2ccc(COc3ccc(Cl)cc3)cc2)c1. The summed E-state index contributed by atoms with van der Waals surface area (Å²) in [5.41, 5.74) is 2.58. The van der Waals surface area contributed by atoms with Crippen LogP contribution in [-0.2, 0) is 6.61 Å². The summed E-state index contributed by atoms with van der Waals surface area (Å²) >= 11 is 5.84. The smallest absolute Gasteiger partial charge is 0.256 e. The molecule has 5 heteroatoms. The Morgan fingerprint density at radius 1 is 1.08 bits per heavy atom. The number of halogens is 1. The van der Waals surface area contributed by atoms with Crippen molar-refractivity contribution >= 4 is 23.3 Å². The van der Waals surface area contributed by atoms with Crippen LogP contribution in [0.1, 0.15) is 21.5 Å². The summed E-state index contributed by atoms with van der Waals surface area (Å²) in [6.45, 7) is 2.37. The lowest BCUT2D eigenvalue weighted by Gasteiger charge is -2.08. The van der Waals surface area contributed by atoms with Gasteiger partial charge in [-0.3, -0.25) is 4.79 Å². The second-order valence-corrected chi connectivity index (χ2v) is 6.05. The van der Waals surface area contributed by atoms with Gasteiger partial charge in [0, 0.05) is 16.8 Å². The first kappa shape index (κ1) is 17.0. The average molecular weight is 353 g/mol. The van der Waals surface area contributed by atoms with Crippen molar-refractivity contribution in [3.63, 3.8) is 0 Å². The molecule has 1 amide bonds. The number of nitrogens with one attached hydrogen (secondary N) is 1. The molecule has 2 aromatic carbocycles. The van der Waals surface area contributed by atoms with Gasteiger partial charge in [0.25, 0.3) is 5.91 Å². The maximum Gasteiger partial charge on any atom is 0.256 e. The number of carbonyl (C=O) groups excluding carboxylic acids is 1. The van der Waals surface area contributed by atoms with Crippen LogP contribution in [0.3, 0.4) is 0 Å². The van der Waals surface area contributed by atoms with E-state index in [1.54, 1.807) is 30.5 Å². The van der Waals surface area contributed by atoms with E-state index in [-0.39, 0.29) is 5.91 Å². The van der Waals surface area contributed by atoms with E-state index in [1.165, 1.54) is 0 Å². The maximum atomic E-state index is 12.3. The Labute approximate surface area is 151 Å². The number of benzene rings is 2. The fraction of sp³-hybridized carbons (Fsp3) is 0.100. The highest BCUT2D eigenvalue weighted by atomic mass is 35.5. The van der Waals surface area contributed by atoms with Crippen molar-refractivity contribution in [3.8, 4) is 5.75 Å². The molecule has 0 fully saturated rings. The summed E-state index contributed by atoms with van der Waals surface area (Å²) in [7, 11) is 0. The molecule has 0 unspecified atom stereocenters. The minimum atomic E-state index is -0.191. The second kappa shape index (κ2) is 7.81. The van der Waals surface area contributed by atoms with Gasteiger partial charge in [0.15, 0.2) is 0 Å².